The standard InChI is InChI=1S/C26H44O4/c1-3-4-19-24(30-26-22-17-18-23-29-26)20-15-13-11-9-7-5-6-8-10-12-14-16-21-25(27)28-2/h15,20,24,26H,3-9,11,13-14,16-19,21-23H2,1-2H3/b20-15-/t24-,26?/m1/s1. The maximum absolute atomic E-state index is 11.0. The zero-order valence-electron chi connectivity index (χ0n) is 19.5. The number of hydrogen-bond acceptors (Lipinski definition) is 4. The van der Waals surface area contributed by atoms with Crippen molar-refractivity contribution in [3.8, 4) is 11.8 Å². The van der Waals surface area contributed by atoms with Crippen molar-refractivity contribution < 1.29 is 19.0 Å². The van der Waals surface area contributed by atoms with Gasteiger partial charge < -0.3 is 14.2 Å². The number of unbranched alkanes of at least 4 members (excludes halogenated alkanes) is 8. The first kappa shape index (κ1) is 26.7. The van der Waals surface area contributed by atoms with Crippen molar-refractivity contribution in [2.75, 3.05) is 13.7 Å². The molecule has 30 heavy (non-hydrogen) atoms. The van der Waals surface area contributed by atoms with E-state index in [-0.39, 0.29) is 18.4 Å². The Morgan fingerprint density at radius 3 is 2.57 bits per heavy atom. The molecule has 0 aromatic carbocycles. The third-order valence-corrected chi connectivity index (χ3v) is 5.37. The molecule has 0 aromatic rings. The fourth-order valence-corrected chi connectivity index (χ4v) is 3.48. The predicted octanol–water partition coefficient (Wildman–Crippen LogP) is 6.72. The number of carbonyl (C=O) groups excluding carboxylic acids is 1. The second-order valence-corrected chi connectivity index (χ2v) is 8.13. The Morgan fingerprint density at radius 2 is 1.83 bits per heavy atom. The molecule has 0 amide bonds. The monoisotopic (exact) mass is 420 g/mol. The topological polar surface area (TPSA) is 44.8 Å². The van der Waals surface area contributed by atoms with Gasteiger partial charge in [-0.25, -0.2) is 0 Å². The Kier molecular flexibility index (Phi) is 17.5. The average Bonchev–Trinajstić information content (AvgIpc) is 2.77. The molecule has 0 saturated carbocycles. The van der Waals surface area contributed by atoms with Crippen LogP contribution in [0.5, 0.6) is 0 Å². The minimum atomic E-state index is -0.145. The number of methoxy groups -OCH3 is 1. The van der Waals surface area contributed by atoms with Gasteiger partial charge in [-0.1, -0.05) is 51.2 Å². The van der Waals surface area contributed by atoms with E-state index >= 15 is 0 Å². The Labute approximate surface area is 185 Å². The third-order valence-electron chi connectivity index (χ3n) is 5.37. The Bertz CT molecular complexity index is 497. The molecular weight excluding hydrogens is 376 g/mol. The minimum absolute atomic E-state index is 0.00111. The fourth-order valence-electron chi connectivity index (χ4n) is 3.48. The van der Waals surface area contributed by atoms with Crippen LogP contribution in [0.1, 0.15) is 110 Å². The molecule has 2 atom stereocenters. The smallest absolute Gasteiger partial charge is 0.305 e. The maximum atomic E-state index is 11.0. The van der Waals surface area contributed by atoms with Crippen LogP contribution in [0.2, 0.25) is 0 Å². The van der Waals surface area contributed by atoms with E-state index in [2.05, 4.69) is 35.7 Å². The zero-order valence-corrected chi connectivity index (χ0v) is 19.5. The van der Waals surface area contributed by atoms with Crippen LogP contribution in [-0.2, 0) is 19.0 Å². The number of carbonyl (C=O) groups is 1. The van der Waals surface area contributed by atoms with Gasteiger partial charge in [0.15, 0.2) is 6.29 Å². The maximum Gasteiger partial charge on any atom is 0.305 e. The van der Waals surface area contributed by atoms with Gasteiger partial charge in [0.2, 0.25) is 0 Å². The van der Waals surface area contributed by atoms with Gasteiger partial charge in [0.25, 0.3) is 0 Å². The molecule has 1 aliphatic heterocycles. The van der Waals surface area contributed by atoms with Gasteiger partial charge in [-0.3, -0.25) is 4.79 Å². The van der Waals surface area contributed by atoms with Crippen molar-refractivity contribution in [3.63, 3.8) is 0 Å². The summed E-state index contributed by atoms with van der Waals surface area (Å²) in [6.07, 6.45) is 22.1. The summed E-state index contributed by atoms with van der Waals surface area (Å²) in [5.41, 5.74) is 0. The summed E-state index contributed by atoms with van der Waals surface area (Å²) in [7, 11) is 1.43. The molecule has 4 heteroatoms. The minimum Gasteiger partial charge on any atom is -0.469 e. The first-order chi connectivity index (χ1) is 14.8. The van der Waals surface area contributed by atoms with Crippen LogP contribution in [-0.4, -0.2) is 32.1 Å². The van der Waals surface area contributed by atoms with Gasteiger partial charge in [-0.15, -0.1) is 11.8 Å². The van der Waals surface area contributed by atoms with Crippen molar-refractivity contribution >= 4 is 5.97 Å². The molecule has 0 bridgehead atoms. The molecule has 1 unspecified atom stereocenters. The number of hydrogen-bond donors (Lipinski definition) is 0. The molecule has 172 valence electrons. The van der Waals surface area contributed by atoms with Crippen molar-refractivity contribution in [2.45, 2.75) is 122 Å². The van der Waals surface area contributed by atoms with Crippen LogP contribution >= 0.6 is 0 Å². The molecule has 0 aliphatic carbocycles. The molecule has 1 rings (SSSR count). The second-order valence-electron chi connectivity index (χ2n) is 8.13. The van der Waals surface area contributed by atoms with Crippen molar-refractivity contribution in [2.24, 2.45) is 0 Å². The first-order valence-corrected chi connectivity index (χ1v) is 12.2. The van der Waals surface area contributed by atoms with E-state index in [1.54, 1.807) is 0 Å². The normalized spacial score (nSPS) is 17.5. The molecule has 1 fully saturated rings. The van der Waals surface area contributed by atoms with E-state index in [9.17, 15) is 4.79 Å². The summed E-state index contributed by atoms with van der Waals surface area (Å²) in [5.74, 6) is 6.22. The highest BCUT2D eigenvalue weighted by molar-refractivity contribution is 5.69. The second kappa shape index (κ2) is 19.6. The van der Waals surface area contributed by atoms with Gasteiger partial charge in [-0.2, -0.15) is 0 Å². The predicted molar refractivity (Wildman–Crippen MR) is 123 cm³/mol. The summed E-state index contributed by atoms with van der Waals surface area (Å²) in [6.45, 7) is 3.07. The quantitative estimate of drug-likeness (QED) is 0.120. The van der Waals surface area contributed by atoms with E-state index < -0.39 is 0 Å². The molecule has 4 nitrogen and oxygen atoms in total. The summed E-state index contributed by atoms with van der Waals surface area (Å²) in [4.78, 5) is 11.0. The van der Waals surface area contributed by atoms with Gasteiger partial charge in [0, 0.05) is 25.9 Å². The van der Waals surface area contributed by atoms with E-state index in [1.807, 2.05) is 0 Å². The van der Waals surface area contributed by atoms with Crippen LogP contribution in [0.15, 0.2) is 12.2 Å². The molecule has 1 aliphatic rings. The Hall–Kier alpha value is -1.31. The lowest BCUT2D eigenvalue weighted by Gasteiger charge is -2.26. The Balaban J connectivity index is 2.01. The molecule has 1 saturated heterocycles. The van der Waals surface area contributed by atoms with Crippen LogP contribution < -0.4 is 0 Å². The molecular formula is C26H44O4. The van der Waals surface area contributed by atoms with Gasteiger partial charge in [-0.05, 0) is 51.4 Å². The fraction of sp³-hybridized carbons (Fsp3) is 0.808. The summed E-state index contributed by atoms with van der Waals surface area (Å²) in [6, 6.07) is 0. The molecule has 1 heterocycles. The molecule has 0 spiro atoms. The van der Waals surface area contributed by atoms with Gasteiger partial charge >= 0.3 is 5.97 Å². The third kappa shape index (κ3) is 15.5. The summed E-state index contributed by atoms with van der Waals surface area (Å²) >= 11 is 0. The Morgan fingerprint density at radius 1 is 1.07 bits per heavy atom. The number of allylic oxidation sites excluding steroid dienone is 1. The largest absolute Gasteiger partial charge is 0.469 e. The van der Waals surface area contributed by atoms with E-state index in [0.717, 1.165) is 45.1 Å². The van der Waals surface area contributed by atoms with E-state index in [4.69, 9.17) is 9.47 Å². The first-order valence-electron chi connectivity index (χ1n) is 12.2. The van der Waals surface area contributed by atoms with Crippen molar-refractivity contribution in [3.05, 3.63) is 12.2 Å². The van der Waals surface area contributed by atoms with Crippen molar-refractivity contribution in [1.29, 1.82) is 0 Å². The van der Waals surface area contributed by atoms with E-state index in [0.29, 0.717) is 6.42 Å². The average molecular weight is 421 g/mol. The highest BCUT2D eigenvalue weighted by Crippen LogP contribution is 2.18. The van der Waals surface area contributed by atoms with Crippen LogP contribution in [0.3, 0.4) is 0 Å². The highest BCUT2D eigenvalue weighted by atomic mass is 16.7. The molecule has 0 radical (unpaired) electrons. The molecule has 0 aromatic heterocycles. The van der Waals surface area contributed by atoms with Gasteiger partial charge in [0.05, 0.1) is 13.2 Å². The lowest BCUT2D eigenvalue weighted by atomic mass is 10.1. The number of rotatable bonds is 16. The number of ether oxygens (including phenoxy) is 3. The van der Waals surface area contributed by atoms with E-state index in [1.165, 1.54) is 64.9 Å². The lowest BCUT2D eigenvalue weighted by Crippen LogP contribution is -2.27. The van der Waals surface area contributed by atoms with Crippen LogP contribution in [0.25, 0.3) is 0 Å². The summed E-state index contributed by atoms with van der Waals surface area (Å²) in [5, 5.41) is 0. The van der Waals surface area contributed by atoms with Crippen molar-refractivity contribution in [1.82, 2.24) is 0 Å². The summed E-state index contributed by atoms with van der Waals surface area (Å²) < 4.78 is 16.5. The lowest BCUT2D eigenvalue weighted by molar-refractivity contribution is -0.179. The highest BCUT2D eigenvalue weighted by Gasteiger charge is 2.17. The van der Waals surface area contributed by atoms with Crippen LogP contribution in [0, 0.1) is 11.8 Å². The zero-order chi connectivity index (χ0) is 21.7. The van der Waals surface area contributed by atoms with Gasteiger partial charge in [0.1, 0.15) is 0 Å². The molecule has 0 N–H and O–H groups in total. The SMILES string of the molecule is CCCC[C@H](/C=C\CCCCCCCC#CCCCC(=O)OC)OC1CCCCO1. The van der Waals surface area contributed by atoms with Crippen LogP contribution in [0.4, 0.5) is 0 Å². The number of esters is 1.